The summed E-state index contributed by atoms with van der Waals surface area (Å²) >= 11 is 3.23. The third-order valence-corrected chi connectivity index (χ3v) is 2.08. The first-order chi connectivity index (χ1) is 6.52. The lowest BCUT2D eigenvalue weighted by molar-refractivity contribution is 0.241. The van der Waals surface area contributed by atoms with E-state index in [1.165, 1.54) is 6.20 Å². The number of halogens is 1. The first-order valence-electron chi connectivity index (χ1n) is 4.18. The van der Waals surface area contributed by atoms with Crippen LogP contribution in [0.15, 0.2) is 16.9 Å². The van der Waals surface area contributed by atoms with Crippen molar-refractivity contribution in [2.45, 2.75) is 20.0 Å². The predicted molar refractivity (Wildman–Crippen MR) is 57.5 cm³/mol. The SMILES string of the molecule is CC(C)Oc1c(Br)cncc1B(O)O. The van der Waals surface area contributed by atoms with Crippen LogP contribution in [0.5, 0.6) is 5.75 Å². The van der Waals surface area contributed by atoms with E-state index in [0.29, 0.717) is 10.2 Å². The number of hydrogen-bond acceptors (Lipinski definition) is 4. The number of ether oxygens (including phenoxy) is 1. The molecule has 14 heavy (non-hydrogen) atoms. The summed E-state index contributed by atoms with van der Waals surface area (Å²) in [5.41, 5.74) is 0.257. The van der Waals surface area contributed by atoms with Crippen molar-refractivity contribution in [1.29, 1.82) is 0 Å². The number of nitrogens with zero attached hydrogens (tertiary/aromatic N) is 1. The molecule has 0 saturated carbocycles. The molecule has 0 amide bonds. The van der Waals surface area contributed by atoms with E-state index in [1.807, 2.05) is 13.8 Å². The highest BCUT2D eigenvalue weighted by Gasteiger charge is 2.20. The van der Waals surface area contributed by atoms with E-state index in [-0.39, 0.29) is 11.6 Å². The minimum atomic E-state index is -1.58. The van der Waals surface area contributed by atoms with Crippen molar-refractivity contribution in [2.24, 2.45) is 0 Å². The van der Waals surface area contributed by atoms with Crippen LogP contribution >= 0.6 is 15.9 Å². The maximum Gasteiger partial charge on any atom is 0.493 e. The molecule has 76 valence electrons. The van der Waals surface area contributed by atoms with Gasteiger partial charge in [0, 0.05) is 17.9 Å². The highest BCUT2D eigenvalue weighted by Crippen LogP contribution is 2.22. The van der Waals surface area contributed by atoms with E-state index in [2.05, 4.69) is 20.9 Å². The third kappa shape index (κ3) is 2.70. The number of hydrogen-bond donors (Lipinski definition) is 2. The molecule has 0 aliphatic rings. The molecule has 2 N–H and O–H groups in total. The molecule has 0 unspecified atom stereocenters. The van der Waals surface area contributed by atoms with Gasteiger partial charge < -0.3 is 14.8 Å². The molecule has 0 saturated heterocycles. The van der Waals surface area contributed by atoms with E-state index in [0.717, 1.165) is 0 Å². The standard InChI is InChI=1S/C8H11BBrNO3/c1-5(2)14-8-6(9(12)13)3-11-4-7(8)10/h3-5,12-13H,1-2H3. The molecule has 0 aliphatic carbocycles. The van der Waals surface area contributed by atoms with Gasteiger partial charge in [0.1, 0.15) is 5.75 Å². The molecule has 4 nitrogen and oxygen atoms in total. The van der Waals surface area contributed by atoms with Gasteiger partial charge in [-0.1, -0.05) is 0 Å². The number of rotatable bonds is 3. The molecule has 0 aromatic carbocycles. The van der Waals surface area contributed by atoms with Crippen LogP contribution in [0, 0.1) is 0 Å². The Kier molecular flexibility index (Phi) is 3.91. The average molecular weight is 260 g/mol. The summed E-state index contributed by atoms with van der Waals surface area (Å²) in [6, 6.07) is 0. The van der Waals surface area contributed by atoms with Crippen molar-refractivity contribution in [1.82, 2.24) is 4.98 Å². The Morgan fingerprint density at radius 3 is 2.57 bits per heavy atom. The van der Waals surface area contributed by atoms with Gasteiger partial charge in [-0.3, -0.25) is 4.98 Å². The van der Waals surface area contributed by atoms with Crippen LogP contribution in [0.4, 0.5) is 0 Å². The Bertz CT molecular complexity index is 319. The van der Waals surface area contributed by atoms with E-state index in [9.17, 15) is 0 Å². The van der Waals surface area contributed by atoms with Crippen molar-refractivity contribution >= 4 is 28.5 Å². The van der Waals surface area contributed by atoms with Crippen molar-refractivity contribution in [3.63, 3.8) is 0 Å². The van der Waals surface area contributed by atoms with Crippen LogP contribution in [-0.2, 0) is 0 Å². The zero-order chi connectivity index (χ0) is 10.7. The molecule has 1 rings (SSSR count). The zero-order valence-corrected chi connectivity index (χ0v) is 9.52. The quantitative estimate of drug-likeness (QED) is 0.768. The fourth-order valence-corrected chi connectivity index (χ4v) is 1.42. The van der Waals surface area contributed by atoms with Gasteiger partial charge in [0.15, 0.2) is 0 Å². The Hall–Kier alpha value is -0.585. The normalized spacial score (nSPS) is 10.4. The molecule has 0 fully saturated rings. The minimum Gasteiger partial charge on any atom is -0.490 e. The second kappa shape index (κ2) is 4.77. The van der Waals surface area contributed by atoms with Gasteiger partial charge >= 0.3 is 7.12 Å². The van der Waals surface area contributed by atoms with Crippen LogP contribution < -0.4 is 10.2 Å². The van der Waals surface area contributed by atoms with Gasteiger partial charge in [0.05, 0.1) is 10.6 Å². The average Bonchev–Trinajstić information content (AvgIpc) is 2.07. The van der Waals surface area contributed by atoms with Crippen LogP contribution in [0.25, 0.3) is 0 Å². The highest BCUT2D eigenvalue weighted by atomic mass is 79.9. The van der Waals surface area contributed by atoms with Crippen LogP contribution in [-0.4, -0.2) is 28.3 Å². The first kappa shape index (κ1) is 11.5. The summed E-state index contributed by atoms with van der Waals surface area (Å²) in [4.78, 5) is 3.83. The molecule has 0 spiro atoms. The van der Waals surface area contributed by atoms with Crippen molar-refractivity contribution in [3.8, 4) is 5.75 Å². The molecule has 6 heteroatoms. The highest BCUT2D eigenvalue weighted by molar-refractivity contribution is 9.10. The molecule has 0 radical (unpaired) electrons. The summed E-state index contributed by atoms with van der Waals surface area (Å²) in [6.45, 7) is 3.72. The molecule has 0 atom stereocenters. The van der Waals surface area contributed by atoms with Gasteiger partial charge in [-0.25, -0.2) is 0 Å². The summed E-state index contributed by atoms with van der Waals surface area (Å²) in [5, 5.41) is 18.1. The van der Waals surface area contributed by atoms with Crippen molar-refractivity contribution in [2.75, 3.05) is 0 Å². The van der Waals surface area contributed by atoms with Gasteiger partial charge in [-0.2, -0.15) is 0 Å². The molecule has 1 aromatic rings. The molecule has 1 aromatic heterocycles. The molecule has 1 heterocycles. The summed E-state index contributed by atoms with van der Waals surface area (Å²) in [6.07, 6.45) is 2.88. The lowest BCUT2D eigenvalue weighted by Gasteiger charge is -2.14. The minimum absolute atomic E-state index is 0.0359. The Labute approximate surface area is 91.2 Å². The van der Waals surface area contributed by atoms with Crippen molar-refractivity contribution < 1.29 is 14.8 Å². The second-order valence-corrected chi connectivity index (χ2v) is 3.93. The van der Waals surface area contributed by atoms with Crippen LogP contribution in [0.3, 0.4) is 0 Å². The predicted octanol–water partition coefficient (Wildman–Crippen LogP) is 0.311. The lowest BCUT2D eigenvalue weighted by Crippen LogP contribution is -2.33. The summed E-state index contributed by atoms with van der Waals surface area (Å²) in [5.74, 6) is 0.421. The topological polar surface area (TPSA) is 62.6 Å². The molecule has 0 bridgehead atoms. The maximum atomic E-state index is 9.06. The molecular formula is C8H11BBrNO3. The third-order valence-electron chi connectivity index (χ3n) is 1.51. The van der Waals surface area contributed by atoms with Gasteiger partial charge in [0.2, 0.25) is 0 Å². The van der Waals surface area contributed by atoms with Gasteiger partial charge in [-0.15, -0.1) is 0 Å². The van der Waals surface area contributed by atoms with E-state index >= 15 is 0 Å². The monoisotopic (exact) mass is 259 g/mol. The van der Waals surface area contributed by atoms with Crippen LogP contribution in [0.1, 0.15) is 13.8 Å². The second-order valence-electron chi connectivity index (χ2n) is 3.08. The van der Waals surface area contributed by atoms with E-state index in [1.54, 1.807) is 6.20 Å². The first-order valence-corrected chi connectivity index (χ1v) is 4.98. The van der Waals surface area contributed by atoms with Gasteiger partial charge in [0.25, 0.3) is 0 Å². The van der Waals surface area contributed by atoms with Crippen molar-refractivity contribution in [3.05, 3.63) is 16.9 Å². The maximum absolute atomic E-state index is 9.06. The lowest BCUT2D eigenvalue weighted by atomic mass is 9.81. The molecule has 0 aliphatic heterocycles. The number of pyridine rings is 1. The Morgan fingerprint density at radius 2 is 2.07 bits per heavy atom. The Balaban J connectivity index is 3.09. The van der Waals surface area contributed by atoms with Crippen LogP contribution in [0.2, 0.25) is 0 Å². The zero-order valence-electron chi connectivity index (χ0n) is 7.94. The molecular weight excluding hydrogens is 249 g/mol. The number of aromatic nitrogens is 1. The largest absolute Gasteiger partial charge is 0.493 e. The fraction of sp³-hybridized carbons (Fsp3) is 0.375. The van der Waals surface area contributed by atoms with Gasteiger partial charge in [-0.05, 0) is 29.8 Å². The summed E-state index contributed by atoms with van der Waals surface area (Å²) in [7, 11) is -1.58. The van der Waals surface area contributed by atoms with E-state index < -0.39 is 7.12 Å². The fourth-order valence-electron chi connectivity index (χ4n) is 0.982. The Morgan fingerprint density at radius 1 is 1.43 bits per heavy atom. The van der Waals surface area contributed by atoms with E-state index in [4.69, 9.17) is 14.8 Å². The smallest absolute Gasteiger partial charge is 0.490 e. The summed E-state index contributed by atoms with van der Waals surface area (Å²) < 4.78 is 6.04.